The first kappa shape index (κ1) is 14.5. The van der Waals surface area contributed by atoms with Crippen LogP contribution in [0.2, 0.25) is 0 Å². The number of furan rings is 1. The topological polar surface area (TPSA) is 85.3 Å². The van der Waals surface area contributed by atoms with Crippen LogP contribution in [-0.4, -0.2) is 8.42 Å². The van der Waals surface area contributed by atoms with Gasteiger partial charge in [0, 0.05) is 0 Å². The van der Waals surface area contributed by atoms with E-state index in [4.69, 9.17) is 10.2 Å². The van der Waals surface area contributed by atoms with Gasteiger partial charge in [0.05, 0.1) is 11.7 Å². The predicted molar refractivity (Wildman–Crippen MR) is 73.0 cm³/mol. The van der Waals surface area contributed by atoms with Crippen molar-refractivity contribution in [3.05, 3.63) is 47.7 Å². The van der Waals surface area contributed by atoms with Crippen LogP contribution in [0.25, 0.3) is 0 Å². The molecule has 1 atom stereocenters. The zero-order valence-electron chi connectivity index (χ0n) is 11.1. The van der Waals surface area contributed by atoms with Gasteiger partial charge < -0.3 is 10.2 Å². The van der Waals surface area contributed by atoms with Gasteiger partial charge in [0.2, 0.25) is 10.0 Å². The predicted octanol–water partition coefficient (Wildman–Crippen LogP) is 2.35. The number of hydrogen-bond acceptors (Lipinski definition) is 4. The lowest BCUT2D eigenvalue weighted by molar-refractivity contribution is 0.440. The fourth-order valence-corrected chi connectivity index (χ4v) is 3.25. The molecule has 0 aliphatic carbocycles. The number of halogens is 1. The van der Waals surface area contributed by atoms with Crippen molar-refractivity contribution in [3.8, 4) is 0 Å². The number of benzene rings is 1. The molecule has 3 N–H and O–H groups in total. The molecule has 0 bridgehead atoms. The Morgan fingerprint density at radius 2 is 2.00 bits per heavy atom. The SMILES string of the molecule is Cc1ccc(C(C)NS(=O)(=O)c2c(N)cccc2F)o1. The van der Waals surface area contributed by atoms with Gasteiger partial charge >= 0.3 is 0 Å². The largest absolute Gasteiger partial charge is 0.465 e. The van der Waals surface area contributed by atoms with Crippen LogP contribution in [-0.2, 0) is 10.0 Å². The highest BCUT2D eigenvalue weighted by atomic mass is 32.2. The van der Waals surface area contributed by atoms with Crippen LogP contribution in [0.1, 0.15) is 24.5 Å². The summed E-state index contributed by atoms with van der Waals surface area (Å²) in [5.74, 6) is 0.220. The third-order valence-corrected chi connectivity index (χ3v) is 4.42. The number of sulfonamides is 1. The third kappa shape index (κ3) is 2.83. The highest BCUT2D eigenvalue weighted by molar-refractivity contribution is 7.89. The third-order valence-electron chi connectivity index (χ3n) is 2.79. The Labute approximate surface area is 116 Å². The molecule has 0 radical (unpaired) electrons. The first-order valence-electron chi connectivity index (χ1n) is 5.94. The summed E-state index contributed by atoms with van der Waals surface area (Å²) in [6.07, 6.45) is 0. The van der Waals surface area contributed by atoms with Crippen molar-refractivity contribution in [1.29, 1.82) is 0 Å². The number of nitrogens with one attached hydrogen (secondary N) is 1. The molecule has 0 amide bonds. The van der Waals surface area contributed by atoms with Crippen molar-refractivity contribution in [2.75, 3.05) is 5.73 Å². The first-order chi connectivity index (χ1) is 9.31. The van der Waals surface area contributed by atoms with E-state index in [-0.39, 0.29) is 5.69 Å². The van der Waals surface area contributed by atoms with Gasteiger partial charge in [-0.2, -0.15) is 0 Å². The van der Waals surface area contributed by atoms with E-state index in [9.17, 15) is 12.8 Å². The van der Waals surface area contributed by atoms with Gasteiger partial charge in [-0.15, -0.1) is 0 Å². The Morgan fingerprint density at radius 1 is 1.30 bits per heavy atom. The molecule has 0 fully saturated rings. The highest BCUT2D eigenvalue weighted by Gasteiger charge is 2.25. The van der Waals surface area contributed by atoms with Gasteiger partial charge in [0.25, 0.3) is 0 Å². The Hall–Kier alpha value is -1.86. The molecule has 0 saturated heterocycles. The zero-order chi connectivity index (χ0) is 14.9. The maximum Gasteiger partial charge on any atom is 0.246 e. The lowest BCUT2D eigenvalue weighted by atomic mass is 10.3. The van der Waals surface area contributed by atoms with Gasteiger partial charge in [-0.05, 0) is 38.1 Å². The van der Waals surface area contributed by atoms with Crippen LogP contribution in [0.5, 0.6) is 0 Å². The van der Waals surface area contributed by atoms with E-state index in [1.807, 2.05) is 0 Å². The molecule has 1 aromatic carbocycles. The van der Waals surface area contributed by atoms with Crippen molar-refractivity contribution in [1.82, 2.24) is 4.72 Å². The Balaban J connectivity index is 2.32. The molecule has 7 heteroatoms. The summed E-state index contributed by atoms with van der Waals surface area (Å²) in [7, 11) is -4.07. The quantitative estimate of drug-likeness (QED) is 0.848. The Bertz CT molecular complexity index is 705. The molecule has 1 heterocycles. The standard InChI is InChI=1S/C13H15FN2O3S/c1-8-6-7-12(19-8)9(2)16-20(17,18)13-10(14)4-3-5-11(13)15/h3-7,9,16H,15H2,1-2H3. The summed E-state index contributed by atoms with van der Waals surface area (Å²) >= 11 is 0. The number of rotatable bonds is 4. The second kappa shape index (κ2) is 5.26. The Kier molecular flexibility index (Phi) is 3.82. The monoisotopic (exact) mass is 298 g/mol. The Morgan fingerprint density at radius 3 is 2.55 bits per heavy atom. The molecule has 2 aromatic rings. The first-order valence-corrected chi connectivity index (χ1v) is 7.42. The van der Waals surface area contributed by atoms with E-state index in [1.54, 1.807) is 26.0 Å². The lowest BCUT2D eigenvalue weighted by Gasteiger charge is -2.14. The van der Waals surface area contributed by atoms with Crippen molar-refractivity contribution in [3.63, 3.8) is 0 Å². The average molecular weight is 298 g/mol. The molecule has 5 nitrogen and oxygen atoms in total. The van der Waals surface area contributed by atoms with Gasteiger partial charge in [-0.1, -0.05) is 6.07 Å². The molecule has 20 heavy (non-hydrogen) atoms. The molecule has 108 valence electrons. The summed E-state index contributed by atoms with van der Waals surface area (Å²) in [5.41, 5.74) is 5.40. The number of aryl methyl sites for hydroxylation is 1. The fraction of sp³-hybridized carbons (Fsp3) is 0.231. The number of nitrogens with two attached hydrogens (primary N) is 1. The van der Waals surface area contributed by atoms with Crippen LogP contribution in [0, 0.1) is 12.7 Å². The minimum atomic E-state index is -4.07. The second-order valence-corrected chi connectivity index (χ2v) is 6.10. The van der Waals surface area contributed by atoms with E-state index in [0.717, 1.165) is 6.07 Å². The fourth-order valence-electron chi connectivity index (χ4n) is 1.84. The summed E-state index contributed by atoms with van der Waals surface area (Å²) in [4.78, 5) is -0.546. The van der Waals surface area contributed by atoms with Crippen LogP contribution in [0.3, 0.4) is 0 Å². The van der Waals surface area contributed by atoms with Gasteiger partial charge in [0.15, 0.2) is 0 Å². The normalized spacial score (nSPS) is 13.3. The lowest BCUT2D eigenvalue weighted by Crippen LogP contribution is -2.28. The maximum atomic E-state index is 13.7. The molecule has 0 spiro atoms. The number of nitrogen functional groups attached to an aromatic ring is 1. The smallest absolute Gasteiger partial charge is 0.246 e. The summed E-state index contributed by atoms with van der Waals surface area (Å²) in [6.45, 7) is 3.35. The molecule has 0 aliphatic heterocycles. The van der Waals surface area contributed by atoms with E-state index in [1.165, 1.54) is 12.1 Å². The van der Waals surface area contributed by atoms with Crippen LogP contribution in [0.15, 0.2) is 39.6 Å². The number of anilines is 1. The van der Waals surface area contributed by atoms with Crippen molar-refractivity contribution >= 4 is 15.7 Å². The van der Waals surface area contributed by atoms with Crippen LogP contribution >= 0.6 is 0 Å². The molecule has 2 rings (SSSR count). The van der Waals surface area contributed by atoms with Gasteiger partial charge in [0.1, 0.15) is 22.2 Å². The molecular weight excluding hydrogens is 283 g/mol. The van der Waals surface area contributed by atoms with E-state index < -0.39 is 26.8 Å². The molecule has 0 aliphatic rings. The summed E-state index contributed by atoms with van der Waals surface area (Å²) in [5, 5.41) is 0. The summed E-state index contributed by atoms with van der Waals surface area (Å²) < 4.78 is 45.7. The van der Waals surface area contributed by atoms with E-state index in [0.29, 0.717) is 11.5 Å². The summed E-state index contributed by atoms with van der Waals surface area (Å²) in [6, 6.07) is 6.48. The van der Waals surface area contributed by atoms with Crippen molar-refractivity contribution < 1.29 is 17.2 Å². The number of hydrogen-bond donors (Lipinski definition) is 2. The zero-order valence-corrected chi connectivity index (χ0v) is 11.9. The van der Waals surface area contributed by atoms with E-state index >= 15 is 0 Å². The molecule has 0 saturated carbocycles. The van der Waals surface area contributed by atoms with Gasteiger partial charge in [-0.25, -0.2) is 17.5 Å². The van der Waals surface area contributed by atoms with E-state index in [2.05, 4.69) is 4.72 Å². The van der Waals surface area contributed by atoms with Crippen LogP contribution in [0.4, 0.5) is 10.1 Å². The van der Waals surface area contributed by atoms with Crippen LogP contribution < -0.4 is 10.5 Å². The minimum Gasteiger partial charge on any atom is -0.465 e. The molecular formula is C13H15FN2O3S. The highest BCUT2D eigenvalue weighted by Crippen LogP contribution is 2.24. The minimum absolute atomic E-state index is 0.139. The van der Waals surface area contributed by atoms with Crippen molar-refractivity contribution in [2.24, 2.45) is 0 Å². The average Bonchev–Trinajstić information content (AvgIpc) is 2.74. The molecule has 1 unspecified atom stereocenters. The van der Waals surface area contributed by atoms with Gasteiger partial charge in [-0.3, -0.25) is 0 Å². The maximum absolute atomic E-state index is 13.7. The molecule has 1 aromatic heterocycles. The second-order valence-electron chi connectivity index (χ2n) is 4.45. The van der Waals surface area contributed by atoms with Crippen molar-refractivity contribution in [2.45, 2.75) is 24.8 Å².